The lowest BCUT2D eigenvalue weighted by molar-refractivity contribution is 0.0286. The summed E-state index contributed by atoms with van der Waals surface area (Å²) in [7, 11) is 0.219. The molecule has 0 unspecified atom stereocenters. The van der Waals surface area contributed by atoms with Crippen LogP contribution in [0.3, 0.4) is 0 Å². The lowest BCUT2D eigenvalue weighted by Gasteiger charge is -2.41. The summed E-state index contributed by atoms with van der Waals surface area (Å²) in [6.07, 6.45) is 3.35. The number of aromatic nitrogens is 2. The molecule has 1 aromatic carbocycles. The Morgan fingerprint density at radius 2 is 1.76 bits per heavy atom. The molecule has 0 aliphatic carbocycles. The number of carbonyl (C=O) groups excluding carboxylic acids is 1. The van der Waals surface area contributed by atoms with E-state index in [0.29, 0.717) is 16.6 Å². The van der Waals surface area contributed by atoms with Crippen LogP contribution in [0.2, 0.25) is 5.04 Å². The van der Waals surface area contributed by atoms with Crippen LogP contribution < -0.4 is 5.43 Å². The fourth-order valence-electron chi connectivity index (χ4n) is 4.63. The van der Waals surface area contributed by atoms with Crippen molar-refractivity contribution in [3.63, 3.8) is 0 Å². The van der Waals surface area contributed by atoms with Gasteiger partial charge in [-0.15, -0.1) is 0 Å². The second-order valence-corrected chi connectivity index (χ2v) is 13.3. The Hall–Kier alpha value is -2.91. The maximum absolute atomic E-state index is 13.8. The topological polar surface area (TPSA) is 70.4 Å². The van der Waals surface area contributed by atoms with Crippen LogP contribution >= 0.6 is 0 Å². The maximum Gasteiger partial charge on any atom is 0.343 e. The first-order chi connectivity index (χ1) is 17.6. The number of nitrogens with zero attached hydrogens (tertiary/aromatic N) is 2. The van der Waals surface area contributed by atoms with Crippen molar-refractivity contribution in [3.05, 3.63) is 75.2 Å². The van der Waals surface area contributed by atoms with E-state index >= 15 is 0 Å². The Bertz CT molecular complexity index is 1380. The molecule has 0 aliphatic rings. The summed E-state index contributed by atoms with van der Waals surface area (Å²) in [5, 5.41) is -0.0420. The van der Waals surface area contributed by atoms with E-state index in [2.05, 4.69) is 39.6 Å². The van der Waals surface area contributed by atoms with Crippen LogP contribution in [0.4, 0.5) is 8.78 Å². The van der Waals surface area contributed by atoms with Crippen LogP contribution in [-0.2, 0) is 15.6 Å². The van der Waals surface area contributed by atoms with Crippen molar-refractivity contribution < 1.29 is 22.7 Å². The summed E-state index contributed by atoms with van der Waals surface area (Å²) in [6.45, 7) is 16.3. The molecule has 3 rings (SSSR count). The van der Waals surface area contributed by atoms with Gasteiger partial charge < -0.3 is 13.7 Å². The third-order valence-corrected chi connectivity index (χ3v) is 7.32. The van der Waals surface area contributed by atoms with Gasteiger partial charge in [0.1, 0.15) is 11.1 Å². The molecule has 2 heterocycles. The number of fused-ring (bicyclic) bond motifs is 1. The van der Waals surface area contributed by atoms with E-state index in [-0.39, 0.29) is 50.9 Å². The average Bonchev–Trinajstić information content (AvgIpc) is 2.81. The summed E-state index contributed by atoms with van der Waals surface area (Å²) in [5.41, 5.74) is 0.633. The van der Waals surface area contributed by atoms with Crippen molar-refractivity contribution >= 4 is 26.8 Å². The molecule has 2 radical (unpaired) electrons. The molecule has 204 valence electrons. The van der Waals surface area contributed by atoms with Gasteiger partial charge in [0.15, 0.2) is 11.6 Å². The molecule has 0 spiro atoms. The van der Waals surface area contributed by atoms with Gasteiger partial charge in [0.05, 0.1) is 23.8 Å². The van der Waals surface area contributed by atoms with Gasteiger partial charge in [-0.05, 0) is 67.5 Å². The number of pyridine rings is 2. The smallest absolute Gasteiger partial charge is 0.343 e. The number of benzene rings is 1. The molecule has 0 N–H and O–H groups in total. The molecule has 3 aromatic rings. The largest absolute Gasteiger partial charge is 0.462 e. The van der Waals surface area contributed by atoms with E-state index in [0.717, 1.165) is 12.1 Å². The molecule has 0 saturated heterocycles. The molecule has 0 fully saturated rings. The molecule has 38 heavy (non-hydrogen) atoms. The van der Waals surface area contributed by atoms with Gasteiger partial charge in [0, 0.05) is 12.4 Å². The molecule has 1 atom stereocenters. The Labute approximate surface area is 225 Å². The van der Waals surface area contributed by atoms with Gasteiger partial charge in [0.2, 0.25) is 15.2 Å². The number of hydrogen-bond acceptors (Lipinski definition) is 5. The van der Waals surface area contributed by atoms with Crippen molar-refractivity contribution in [3.8, 4) is 0 Å². The standard InChI is InChI=1S/C29H36F2N2O4Si/c1-9-36-27(35)20-16-33(26(17(2)3)29(7,8)37-38-28(4,5)6)23-14-19(15-32-24(23)25(20)34)12-18-10-11-21(30)22(31)13-18/h10-11,13-17,26H,9,12H2,1-8H3/t26-/m0/s1. The van der Waals surface area contributed by atoms with Crippen molar-refractivity contribution in [1.29, 1.82) is 0 Å². The van der Waals surface area contributed by atoms with E-state index in [1.165, 1.54) is 12.3 Å². The summed E-state index contributed by atoms with van der Waals surface area (Å²) in [6, 6.07) is 5.29. The fourth-order valence-corrected chi connectivity index (χ4v) is 5.32. The lowest BCUT2D eigenvalue weighted by Crippen LogP contribution is -2.42. The third kappa shape index (κ3) is 6.74. The molecule has 0 saturated carbocycles. The molecular weight excluding hydrogens is 506 g/mol. The van der Waals surface area contributed by atoms with E-state index in [1.807, 2.05) is 24.5 Å². The maximum atomic E-state index is 13.8. The van der Waals surface area contributed by atoms with Crippen LogP contribution in [-0.4, -0.2) is 37.5 Å². The van der Waals surface area contributed by atoms with Gasteiger partial charge in [-0.1, -0.05) is 40.7 Å². The van der Waals surface area contributed by atoms with Crippen molar-refractivity contribution in [2.75, 3.05) is 6.61 Å². The predicted molar refractivity (Wildman–Crippen MR) is 146 cm³/mol. The first-order valence-electron chi connectivity index (χ1n) is 12.7. The fraction of sp³-hybridized carbons (Fsp3) is 0.483. The number of ether oxygens (including phenoxy) is 1. The molecule has 0 bridgehead atoms. The molecular formula is C29H36F2N2O4Si. The number of esters is 1. The minimum absolute atomic E-state index is 0.0420. The summed E-state index contributed by atoms with van der Waals surface area (Å²) in [4.78, 5) is 30.6. The molecule has 2 aromatic heterocycles. The van der Waals surface area contributed by atoms with Gasteiger partial charge in [-0.25, -0.2) is 13.6 Å². The molecule has 0 aliphatic heterocycles. The van der Waals surface area contributed by atoms with Crippen molar-refractivity contribution in [2.24, 2.45) is 5.92 Å². The third-order valence-electron chi connectivity index (χ3n) is 6.08. The van der Waals surface area contributed by atoms with Crippen molar-refractivity contribution in [1.82, 2.24) is 9.55 Å². The number of carbonyl (C=O) groups is 1. The average molecular weight is 543 g/mol. The summed E-state index contributed by atoms with van der Waals surface area (Å²) in [5.74, 6) is -2.50. The van der Waals surface area contributed by atoms with E-state index < -0.39 is 28.6 Å². The first kappa shape index (κ1) is 29.6. The predicted octanol–water partition coefficient (Wildman–Crippen LogP) is 6.27. The van der Waals surface area contributed by atoms with Gasteiger partial charge in [-0.3, -0.25) is 9.78 Å². The van der Waals surface area contributed by atoms with E-state index in [1.54, 1.807) is 13.1 Å². The molecule has 0 amide bonds. The highest BCUT2D eigenvalue weighted by molar-refractivity contribution is 6.31. The van der Waals surface area contributed by atoms with Gasteiger partial charge >= 0.3 is 5.97 Å². The zero-order valence-electron chi connectivity index (χ0n) is 23.3. The second-order valence-electron chi connectivity index (χ2n) is 11.4. The first-order valence-corrected chi connectivity index (χ1v) is 13.7. The van der Waals surface area contributed by atoms with Crippen LogP contribution in [0.1, 0.15) is 82.9 Å². The lowest BCUT2D eigenvalue weighted by atomic mass is 9.88. The van der Waals surface area contributed by atoms with Gasteiger partial charge in [-0.2, -0.15) is 0 Å². The van der Waals surface area contributed by atoms with Gasteiger partial charge in [0.25, 0.3) is 0 Å². The monoisotopic (exact) mass is 542 g/mol. The zero-order valence-corrected chi connectivity index (χ0v) is 24.3. The Balaban J connectivity index is 2.24. The highest BCUT2D eigenvalue weighted by Gasteiger charge is 2.37. The van der Waals surface area contributed by atoms with Crippen LogP contribution in [0.15, 0.2) is 41.5 Å². The highest BCUT2D eigenvalue weighted by Crippen LogP contribution is 2.37. The normalized spacial score (nSPS) is 13.2. The summed E-state index contributed by atoms with van der Waals surface area (Å²) >= 11 is 0. The van der Waals surface area contributed by atoms with Crippen molar-refractivity contribution in [2.45, 2.75) is 78.5 Å². The summed E-state index contributed by atoms with van der Waals surface area (Å²) < 4.78 is 40.8. The SMILES string of the molecule is CCOC(=O)c1cn([C@@H](C(C)C)C(C)(C)O[Si]C(C)(C)C)c2cc(Cc3ccc(F)c(F)c3)cnc2c1=O. The minimum atomic E-state index is -0.925. The van der Waals surface area contributed by atoms with E-state index in [9.17, 15) is 18.4 Å². The molecule has 9 heteroatoms. The Kier molecular flexibility index (Phi) is 8.93. The van der Waals surface area contributed by atoms with Crippen LogP contribution in [0, 0.1) is 17.6 Å². The van der Waals surface area contributed by atoms with Crippen LogP contribution in [0.25, 0.3) is 11.0 Å². The quantitative estimate of drug-likeness (QED) is 0.235. The minimum Gasteiger partial charge on any atom is -0.462 e. The highest BCUT2D eigenvalue weighted by atomic mass is 28.2. The molecule has 6 nitrogen and oxygen atoms in total. The van der Waals surface area contributed by atoms with E-state index in [4.69, 9.17) is 9.16 Å². The Morgan fingerprint density at radius 3 is 2.34 bits per heavy atom. The number of halogens is 2. The number of hydrogen-bond donors (Lipinski definition) is 0. The second kappa shape index (κ2) is 11.5. The number of rotatable bonds is 9. The zero-order chi connectivity index (χ0) is 28.4. The van der Waals surface area contributed by atoms with Crippen LogP contribution in [0.5, 0.6) is 0 Å². The Morgan fingerprint density at radius 1 is 1.08 bits per heavy atom.